The van der Waals surface area contributed by atoms with Crippen LogP contribution in [0.2, 0.25) is 0 Å². The lowest BCUT2D eigenvalue weighted by atomic mass is 9.74. The van der Waals surface area contributed by atoms with Crippen molar-refractivity contribution in [2.75, 3.05) is 31.6 Å². The zero-order valence-electron chi connectivity index (χ0n) is 16.6. The third kappa shape index (κ3) is 3.44. The highest BCUT2D eigenvalue weighted by Crippen LogP contribution is 2.46. The first-order valence-electron chi connectivity index (χ1n) is 9.89. The van der Waals surface area contributed by atoms with Gasteiger partial charge in [-0.05, 0) is 56.2 Å². The first kappa shape index (κ1) is 19.3. The molecule has 0 radical (unpaired) electrons. The molecule has 0 saturated carbocycles. The Hall–Kier alpha value is -2.99. The second-order valence-corrected chi connectivity index (χ2v) is 8.18. The minimum Gasteiger partial charge on any atom is -0.366 e. The Labute approximate surface area is 170 Å². The molecule has 2 aromatic rings. The summed E-state index contributed by atoms with van der Waals surface area (Å²) in [6.07, 6.45) is 3.07. The molecule has 1 saturated heterocycles. The topological polar surface area (TPSA) is 83.7 Å². The Bertz CT molecular complexity index is 977. The molecular weight excluding hydrogens is 366 g/mol. The SMILES string of the molecule is CN1CCC2(CC1)CN(C=O)c1ccc(CC(=O)c3ccccc3C(N)=O)cc12. The molecule has 2 aromatic carbocycles. The van der Waals surface area contributed by atoms with E-state index in [1.807, 2.05) is 12.1 Å². The van der Waals surface area contributed by atoms with Gasteiger partial charge in [0.05, 0.1) is 0 Å². The number of Topliss-reactive ketones (excluding diaryl/α,β-unsaturated/α-hetero) is 1. The van der Waals surface area contributed by atoms with Crippen molar-refractivity contribution in [3.05, 3.63) is 64.7 Å². The van der Waals surface area contributed by atoms with Gasteiger partial charge in [0, 0.05) is 35.2 Å². The summed E-state index contributed by atoms with van der Waals surface area (Å²) in [4.78, 5) is 40.3. The van der Waals surface area contributed by atoms with Crippen LogP contribution in [0.1, 0.15) is 44.7 Å². The van der Waals surface area contributed by atoms with Crippen molar-refractivity contribution in [1.29, 1.82) is 0 Å². The number of hydrogen-bond donors (Lipinski definition) is 1. The summed E-state index contributed by atoms with van der Waals surface area (Å²) in [5.41, 5.74) is 8.96. The maximum atomic E-state index is 12.9. The van der Waals surface area contributed by atoms with Gasteiger partial charge in [-0.1, -0.05) is 30.3 Å². The van der Waals surface area contributed by atoms with E-state index in [4.69, 9.17) is 5.73 Å². The lowest BCUT2D eigenvalue weighted by molar-refractivity contribution is -0.107. The summed E-state index contributed by atoms with van der Waals surface area (Å²) in [5.74, 6) is -0.739. The number of carbonyl (C=O) groups excluding carboxylic acids is 3. The molecule has 2 N–H and O–H groups in total. The summed E-state index contributed by atoms with van der Waals surface area (Å²) in [6.45, 7) is 2.67. The van der Waals surface area contributed by atoms with Crippen molar-refractivity contribution in [3.8, 4) is 0 Å². The summed E-state index contributed by atoms with van der Waals surface area (Å²) in [7, 11) is 2.12. The molecule has 2 heterocycles. The molecule has 6 heteroatoms. The number of amides is 2. The highest BCUT2D eigenvalue weighted by Gasteiger charge is 2.44. The van der Waals surface area contributed by atoms with E-state index in [1.165, 1.54) is 0 Å². The molecule has 2 aliphatic rings. The average Bonchev–Trinajstić information content (AvgIpc) is 3.03. The molecule has 0 aliphatic carbocycles. The number of benzene rings is 2. The van der Waals surface area contributed by atoms with E-state index in [9.17, 15) is 14.4 Å². The Kier molecular flexibility index (Phi) is 4.96. The van der Waals surface area contributed by atoms with Crippen LogP contribution in [0.25, 0.3) is 0 Å². The highest BCUT2D eigenvalue weighted by molar-refractivity contribution is 6.08. The third-order valence-electron chi connectivity index (χ3n) is 6.34. The Morgan fingerprint density at radius 2 is 1.79 bits per heavy atom. The maximum absolute atomic E-state index is 12.9. The van der Waals surface area contributed by atoms with E-state index in [1.54, 1.807) is 29.2 Å². The number of nitrogens with two attached hydrogens (primary N) is 1. The molecule has 0 aromatic heterocycles. The van der Waals surface area contributed by atoms with Gasteiger partial charge >= 0.3 is 0 Å². The third-order valence-corrected chi connectivity index (χ3v) is 6.34. The summed E-state index contributed by atoms with van der Waals surface area (Å²) in [5, 5.41) is 0. The second-order valence-electron chi connectivity index (χ2n) is 8.18. The van der Waals surface area contributed by atoms with Crippen LogP contribution >= 0.6 is 0 Å². The van der Waals surface area contributed by atoms with Crippen molar-refractivity contribution >= 4 is 23.8 Å². The fourth-order valence-corrected chi connectivity index (χ4v) is 4.65. The Balaban J connectivity index is 1.65. The van der Waals surface area contributed by atoms with Gasteiger partial charge in [-0.25, -0.2) is 0 Å². The number of anilines is 1. The van der Waals surface area contributed by atoms with E-state index in [2.05, 4.69) is 18.0 Å². The lowest BCUT2D eigenvalue weighted by Gasteiger charge is -2.38. The zero-order valence-corrected chi connectivity index (χ0v) is 16.6. The standard InChI is InChI=1S/C23H25N3O3/c1-25-10-8-23(9-11-25)14-26(15-27)20-7-6-16(12-19(20)23)13-21(28)17-4-2-3-5-18(17)22(24)29/h2-7,12,15H,8-11,13-14H2,1H3,(H2,24,29). The first-order valence-corrected chi connectivity index (χ1v) is 9.89. The van der Waals surface area contributed by atoms with E-state index in [0.29, 0.717) is 12.1 Å². The quantitative estimate of drug-likeness (QED) is 0.625. The number of nitrogens with zero attached hydrogens (tertiary/aromatic N) is 2. The molecule has 0 atom stereocenters. The Morgan fingerprint density at radius 1 is 1.10 bits per heavy atom. The van der Waals surface area contributed by atoms with Crippen LogP contribution in [0.5, 0.6) is 0 Å². The van der Waals surface area contributed by atoms with Gasteiger partial charge in [0.1, 0.15) is 0 Å². The van der Waals surface area contributed by atoms with Gasteiger partial charge in [-0.3, -0.25) is 14.4 Å². The molecule has 4 rings (SSSR count). The van der Waals surface area contributed by atoms with Crippen molar-refractivity contribution in [2.45, 2.75) is 24.7 Å². The largest absolute Gasteiger partial charge is 0.366 e. The molecule has 1 fully saturated rings. The van der Waals surface area contributed by atoms with Gasteiger partial charge in [-0.15, -0.1) is 0 Å². The molecule has 1 spiro atoms. The smallest absolute Gasteiger partial charge is 0.249 e. The number of primary amides is 1. The predicted molar refractivity (Wildman–Crippen MR) is 111 cm³/mol. The number of carbonyl (C=O) groups is 3. The molecule has 150 valence electrons. The first-order chi connectivity index (χ1) is 13.9. The number of piperidine rings is 1. The predicted octanol–water partition coefficient (Wildman–Crippen LogP) is 2.15. The van der Waals surface area contributed by atoms with Crippen LogP contribution < -0.4 is 10.6 Å². The normalized spacial score (nSPS) is 17.9. The van der Waals surface area contributed by atoms with E-state index < -0.39 is 5.91 Å². The van der Waals surface area contributed by atoms with Crippen molar-refractivity contribution < 1.29 is 14.4 Å². The molecule has 0 unspecified atom stereocenters. The molecule has 29 heavy (non-hydrogen) atoms. The summed E-state index contributed by atoms with van der Waals surface area (Å²) < 4.78 is 0. The van der Waals surface area contributed by atoms with Crippen LogP contribution in [0.15, 0.2) is 42.5 Å². The molecule has 0 bridgehead atoms. The highest BCUT2D eigenvalue weighted by atomic mass is 16.1. The van der Waals surface area contributed by atoms with Crippen LogP contribution in [0.3, 0.4) is 0 Å². The molecule has 2 amide bonds. The van der Waals surface area contributed by atoms with Crippen molar-refractivity contribution in [1.82, 2.24) is 4.90 Å². The summed E-state index contributed by atoms with van der Waals surface area (Å²) >= 11 is 0. The lowest BCUT2D eigenvalue weighted by Crippen LogP contribution is -2.43. The monoisotopic (exact) mass is 391 g/mol. The van der Waals surface area contributed by atoms with Gasteiger partial charge in [0.25, 0.3) is 0 Å². The van der Waals surface area contributed by atoms with E-state index in [-0.39, 0.29) is 23.2 Å². The molecular formula is C23H25N3O3. The Morgan fingerprint density at radius 3 is 2.45 bits per heavy atom. The van der Waals surface area contributed by atoms with Crippen molar-refractivity contribution in [2.24, 2.45) is 5.73 Å². The van der Waals surface area contributed by atoms with Gasteiger partial charge in [-0.2, -0.15) is 0 Å². The minimum atomic E-state index is -0.602. The number of hydrogen-bond acceptors (Lipinski definition) is 4. The fraction of sp³-hybridized carbons (Fsp3) is 0.348. The molecule has 6 nitrogen and oxygen atoms in total. The number of rotatable bonds is 5. The summed E-state index contributed by atoms with van der Waals surface area (Å²) in [6, 6.07) is 12.6. The maximum Gasteiger partial charge on any atom is 0.249 e. The van der Waals surface area contributed by atoms with Crippen molar-refractivity contribution in [3.63, 3.8) is 0 Å². The minimum absolute atomic E-state index is 0.0487. The second kappa shape index (κ2) is 7.44. The fourth-order valence-electron chi connectivity index (χ4n) is 4.65. The zero-order chi connectivity index (χ0) is 20.6. The van der Waals surface area contributed by atoms with Gasteiger partial charge in [0.2, 0.25) is 12.3 Å². The van der Waals surface area contributed by atoms with Gasteiger partial charge < -0.3 is 15.5 Å². The van der Waals surface area contributed by atoms with Crippen LogP contribution in [-0.4, -0.2) is 49.7 Å². The average molecular weight is 391 g/mol. The van der Waals surface area contributed by atoms with Crippen LogP contribution in [0, 0.1) is 0 Å². The van der Waals surface area contributed by atoms with Crippen LogP contribution in [0.4, 0.5) is 5.69 Å². The molecule has 2 aliphatic heterocycles. The van der Waals surface area contributed by atoms with E-state index in [0.717, 1.165) is 49.2 Å². The van der Waals surface area contributed by atoms with Gasteiger partial charge in [0.15, 0.2) is 5.78 Å². The number of fused-ring (bicyclic) bond motifs is 2. The number of ketones is 1. The number of likely N-dealkylation sites (tertiary alicyclic amines) is 1. The van der Waals surface area contributed by atoms with Crippen LogP contribution in [-0.2, 0) is 16.6 Å². The van der Waals surface area contributed by atoms with E-state index >= 15 is 0 Å².